The fraction of sp³-hybridized carbons (Fsp3) is 0.158. The molecule has 2 aromatic rings. The molecule has 1 aliphatic carbocycles. The fourth-order valence-corrected chi connectivity index (χ4v) is 3.78. The van der Waals surface area contributed by atoms with Gasteiger partial charge in [-0.25, -0.2) is 0 Å². The van der Waals surface area contributed by atoms with Crippen LogP contribution in [-0.2, 0) is 26.3 Å². The zero-order valence-corrected chi connectivity index (χ0v) is 15.4. The first kappa shape index (κ1) is 19.1. The average molecular weight is 407 g/mol. The maximum atomic E-state index is 13.2. The Labute approximate surface area is 163 Å². The Morgan fingerprint density at radius 2 is 1.63 bits per heavy atom. The fourth-order valence-electron chi connectivity index (χ4n) is 3.22. The first-order valence-corrected chi connectivity index (χ1v) is 8.52. The van der Waals surface area contributed by atoms with E-state index in [9.17, 15) is 24.3 Å². The summed E-state index contributed by atoms with van der Waals surface area (Å²) in [6.45, 7) is 1.05. The van der Waals surface area contributed by atoms with Crippen molar-refractivity contribution >= 4 is 46.7 Å². The minimum atomic E-state index is -2.37. The number of aliphatic carboxylic acids is 1. The van der Waals surface area contributed by atoms with E-state index in [4.69, 9.17) is 27.9 Å². The number of carboxylic acids is 1. The number of hydrogen-bond donors (Lipinski definition) is 1. The number of rotatable bonds is 4. The Hall–Kier alpha value is -2.70. The summed E-state index contributed by atoms with van der Waals surface area (Å²) in [4.78, 5) is 49.5. The van der Waals surface area contributed by atoms with E-state index in [2.05, 4.69) is 0 Å². The van der Waals surface area contributed by atoms with E-state index in [-0.39, 0.29) is 32.3 Å². The molecule has 138 valence electrons. The summed E-state index contributed by atoms with van der Waals surface area (Å²) in [7, 11) is 0. The summed E-state index contributed by atoms with van der Waals surface area (Å²) >= 11 is 12.2. The lowest BCUT2D eigenvalue weighted by atomic mass is 9.84. The molecule has 0 spiro atoms. The highest BCUT2D eigenvalue weighted by Crippen LogP contribution is 2.44. The Kier molecular flexibility index (Phi) is 4.80. The topological polar surface area (TPSA) is 97.7 Å². The van der Waals surface area contributed by atoms with Gasteiger partial charge in [0.25, 0.3) is 5.60 Å². The van der Waals surface area contributed by atoms with Crippen molar-refractivity contribution in [3.8, 4) is 0 Å². The lowest BCUT2D eigenvalue weighted by Crippen LogP contribution is -2.43. The average Bonchev–Trinajstić information content (AvgIpc) is 2.79. The second-order valence-corrected chi connectivity index (χ2v) is 6.81. The maximum Gasteiger partial charge on any atom is 0.307 e. The molecule has 0 atom stereocenters. The highest BCUT2D eigenvalue weighted by Gasteiger charge is 2.58. The van der Waals surface area contributed by atoms with Crippen LogP contribution in [0.25, 0.3) is 0 Å². The van der Waals surface area contributed by atoms with Crippen LogP contribution in [0.2, 0.25) is 10.0 Å². The van der Waals surface area contributed by atoms with Crippen LogP contribution in [0.1, 0.15) is 38.8 Å². The van der Waals surface area contributed by atoms with E-state index in [1.54, 1.807) is 12.1 Å². The van der Waals surface area contributed by atoms with Crippen molar-refractivity contribution in [1.82, 2.24) is 0 Å². The smallest absolute Gasteiger partial charge is 0.307 e. The molecule has 8 heteroatoms. The van der Waals surface area contributed by atoms with Crippen LogP contribution in [0.4, 0.5) is 0 Å². The third-order valence-corrected chi connectivity index (χ3v) is 4.78. The van der Waals surface area contributed by atoms with E-state index in [1.165, 1.54) is 24.3 Å². The number of carbonyl (C=O) groups excluding carboxylic acids is 3. The van der Waals surface area contributed by atoms with Gasteiger partial charge in [0.1, 0.15) is 0 Å². The summed E-state index contributed by atoms with van der Waals surface area (Å²) in [6, 6.07) is 8.53. The number of ether oxygens (including phenoxy) is 1. The molecule has 0 aromatic heterocycles. The van der Waals surface area contributed by atoms with Crippen molar-refractivity contribution in [2.75, 3.05) is 0 Å². The molecule has 6 nitrogen and oxygen atoms in total. The molecule has 0 bridgehead atoms. The van der Waals surface area contributed by atoms with Crippen LogP contribution in [0.5, 0.6) is 0 Å². The molecule has 0 amide bonds. The van der Waals surface area contributed by atoms with Gasteiger partial charge in [0.05, 0.1) is 6.42 Å². The molecule has 3 rings (SSSR count). The van der Waals surface area contributed by atoms with Gasteiger partial charge in [-0.3, -0.25) is 19.2 Å². The largest absolute Gasteiger partial charge is 0.481 e. The van der Waals surface area contributed by atoms with Crippen molar-refractivity contribution in [1.29, 1.82) is 0 Å². The van der Waals surface area contributed by atoms with E-state index in [1.807, 2.05) is 0 Å². The number of ketones is 2. The number of carbonyl (C=O) groups is 4. The van der Waals surface area contributed by atoms with E-state index in [0.717, 1.165) is 6.92 Å². The Morgan fingerprint density at radius 1 is 1.07 bits per heavy atom. The molecular weight excluding hydrogens is 395 g/mol. The second-order valence-electron chi connectivity index (χ2n) is 5.96. The summed E-state index contributed by atoms with van der Waals surface area (Å²) < 4.78 is 5.28. The first-order chi connectivity index (χ1) is 12.7. The second kappa shape index (κ2) is 6.79. The van der Waals surface area contributed by atoms with Crippen molar-refractivity contribution in [3.05, 3.63) is 68.7 Å². The molecule has 0 aliphatic heterocycles. The van der Waals surface area contributed by atoms with Gasteiger partial charge in [-0.1, -0.05) is 47.5 Å². The zero-order valence-electron chi connectivity index (χ0n) is 13.9. The number of hydrogen-bond acceptors (Lipinski definition) is 5. The van der Waals surface area contributed by atoms with Crippen molar-refractivity contribution in [2.45, 2.75) is 18.9 Å². The number of benzene rings is 2. The SMILES string of the molecule is CC(=O)OC1(c2cc(Cl)cc(Cl)c2CC(=O)O)C(=O)c2ccccc2C1=O. The molecule has 0 unspecified atom stereocenters. The molecule has 1 N–H and O–H groups in total. The number of carboxylic acid groups (broad SMARTS) is 1. The van der Waals surface area contributed by atoms with Crippen LogP contribution < -0.4 is 0 Å². The van der Waals surface area contributed by atoms with Gasteiger partial charge < -0.3 is 9.84 Å². The molecular formula is C19H12Cl2O6. The zero-order chi connectivity index (χ0) is 19.9. The van der Waals surface area contributed by atoms with Gasteiger partial charge in [0, 0.05) is 33.7 Å². The maximum absolute atomic E-state index is 13.2. The monoisotopic (exact) mass is 406 g/mol. The van der Waals surface area contributed by atoms with Crippen LogP contribution in [0.3, 0.4) is 0 Å². The molecule has 27 heavy (non-hydrogen) atoms. The van der Waals surface area contributed by atoms with Crippen molar-refractivity contribution in [3.63, 3.8) is 0 Å². The standard InChI is InChI=1S/C19H12Cl2O6/c1-9(22)27-19(17(25)11-4-2-3-5-12(11)18(19)26)14-6-10(20)7-15(21)13(14)8-16(23)24/h2-7H,8H2,1H3,(H,23,24). The van der Waals surface area contributed by atoms with E-state index >= 15 is 0 Å². The predicted octanol–water partition coefficient (Wildman–Crippen LogP) is 3.46. The summed E-state index contributed by atoms with van der Waals surface area (Å²) in [6.07, 6.45) is -0.592. The van der Waals surface area contributed by atoms with E-state index < -0.39 is 35.5 Å². The summed E-state index contributed by atoms with van der Waals surface area (Å²) in [5.41, 5.74) is -2.40. The molecule has 0 fully saturated rings. The van der Waals surface area contributed by atoms with Gasteiger partial charge in [-0.05, 0) is 17.7 Å². The van der Waals surface area contributed by atoms with Crippen molar-refractivity contribution in [2.24, 2.45) is 0 Å². The van der Waals surface area contributed by atoms with Gasteiger partial charge >= 0.3 is 11.9 Å². The number of Topliss-reactive ketones (excluding diaryl/α,β-unsaturated/α-hetero) is 2. The molecule has 0 saturated heterocycles. The Balaban J connectivity index is 2.37. The van der Waals surface area contributed by atoms with Gasteiger partial charge in [-0.15, -0.1) is 0 Å². The molecule has 0 radical (unpaired) electrons. The van der Waals surface area contributed by atoms with Crippen molar-refractivity contribution < 1.29 is 29.0 Å². The lowest BCUT2D eigenvalue weighted by Gasteiger charge is -2.28. The minimum absolute atomic E-state index is 0.0238. The Morgan fingerprint density at radius 3 is 2.11 bits per heavy atom. The molecule has 0 heterocycles. The highest BCUT2D eigenvalue weighted by atomic mass is 35.5. The van der Waals surface area contributed by atoms with E-state index in [0.29, 0.717) is 0 Å². The first-order valence-electron chi connectivity index (χ1n) is 7.77. The van der Waals surface area contributed by atoms with Crippen LogP contribution >= 0.6 is 23.2 Å². The molecule has 1 aliphatic rings. The van der Waals surface area contributed by atoms with Gasteiger partial charge in [-0.2, -0.15) is 0 Å². The molecule has 2 aromatic carbocycles. The Bertz CT molecular complexity index is 976. The quantitative estimate of drug-likeness (QED) is 0.616. The number of fused-ring (bicyclic) bond motifs is 1. The predicted molar refractivity (Wildman–Crippen MR) is 96.3 cm³/mol. The summed E-state index contributed by atoms with van der Waals surface area (Å²) in [5, 5.41) is 9.24. The summed E-state index contributed by atoms with van der Waals surface area (Å²) in [5.74, 6) is -3.68. The van der Waals surface area contributed by atoms with Gasteiger partial charge in [0.2, 0.25) is 11.6 Å². The number of esters is 1. The van der Waals surface area contributed by atoms with Crippen LogP contribution in [-0.4, -0.2) is 28.6 Å². The highest BCUT2D eigenvalue weighted by molar-refractivity contribution is 6.37. The lowest BCUT2D eigenvalue weighted by molar-refractivity contribution is -0.149. The number of halogens is 2. The van der Waals surface area contributed by atoms with Crippen LogP contribution in [0, 0.1) is 0 Å². The normalized spacial score (nSPS) is 14.8. The van der Waals surface area contributed by atoms with Crippen LogP contribution in [0.15, 0.2) is 36.4 Å². The third-order valence-electron chi connectivity index (χ3n) is 4.22. The minimum Gasteiger partial charge on any atom is -0.481 e. The van der Waals surface area contributed by atoms with Gasteiger partial charge in [0.15, 0.2) is 0 Å². The third kappa shape index (κ3) is 3.01. The molecule has 0 saturated carbocycles.